The minimum absolute atomic E-state index is 0.108. The average Bonchev–Trinajstić information content (AvgIpc) is 3.25. The normalized spacial score (nSPS) is 24.4. The van der Waals surface area contributed by atoms with Crippen LogP contribution >= 0.6 is 0 Å². The average molecular weight is 509 g/mol. The van der Waals surface area contributed by atoms with Gasteiger partial charge in [-0.2, -0.15) is 5.10 Å². The molecule has 4 unspecified atom stereocenters. The van der Waals surface area contributed by atoms with Crippen molar-refractivity contribution in [2.24, 2.45) is 22.6 Å². The van der Waals surface area contributed by atoms with Crippen LogP contribution in [0.1, 0.15) is 66.2 Å². The van der Waals surface area contributed by atoms with Crippen molar-refractivity contribution in [3.05, 3.63) is 12.7 Å². The minimum atomic E-state index is -1.11. The summed E-state index contributed by atoms with van der Waals surface area (Å²) >= 11 is 0. The number of rotatable bonds is 11. The summed E-state index contributed by atoms with van der Waals surface area (Å²) in [4.78, 5) is 53.3. The number of amides is 3. The zero-order valence-corrected chi connectivity index (χ0v) is 21.7. The van der Waals surface area contributed by atoms with Gasteiger partial charge in [0.25, 0.3) is 0 Å². The van der Waals surface area contributed by atoms with Crippen LogP contribution in [-0.4, -0.2) is 71.0 Å². The Morgan fingerprint density at radius 3 is 2.58 bits per heavy atom. The van der Waals surface area contributed by atoms with E-state index < -0.39 is 47.1 Å². The molecule has 12 heteroatoms. The van der Waals surface area contributed by atoms with Gasteiger partial charge >= 0.3 is 12.1 Å². The molecule has 6 N–H and O–H groups in total. The first-order valence-corrected chi connectivity index (χ1v) is 12.3. The fraction of sp³-hybridized carbons (Fsp3) is 0.708. The van der Waals surface area contributed by atoms with Crippen molar-refractivity contribution in [3.63, 3.8) is 0 Å². The molecule has 0 bridgehead atoms. The Morgan fingerprint density at radius 2 is 2.00 bits per heavy atom. The number of nitrogens with one attached hydrogen (secondary N) is 2. The third-order valence-electron chi connectivity index (χ3n) is 6.22. The number of esters is 1. The van der Waals surface area contributed by atoms with Gasteiger partial charge in [0.1, 0.15) is 29.1 Å². The van der Waals surface area contributed by atoms with Crippen molar-refractivity contribution in [1.82, 2.24) is 15.5 Å². The smallest absolute Gasteiger partial charge is 0.408 e. The van der Waals surface area contributed by atoms with Gasteiger partial charge in [-0.05, 0) is 65.7 Å². The van der Waals surface area contributed by atoms with Crippen molar-refractivity contribution < 1.29 is 28.7 Å². The Morgan fingerprint density at radius 1 is 1.31 bits per heavy atom. The fourth-order valence-corrected chi connectivity index (χ4v) is 4.40. The molecule has 2 rings (SSSR count). The number of nitrogens with two attached hydrogens (primary N) is 2. The van der Waals surface area contributed by atoms with Crippen LogP contribution in [0.4, 0.5) is 4.79 Å². The second kappa shape index (κ2) is 12.1. The molecular formula is C24H40N6O6. The molecule has 4 atom stereocenters. The van der Waals surface area contributed by atoms with E-state index in [9.17, 15) is 19.2 Å². The largest absolute Gasteiger partial charge is 0.464 e. The van der Waals surface area contributed by atoms with Crippen LogP contribution in [0.2, 0.25) is 0 Å². The Hall–Kier alpha value is -3.31. The first-order valence-electron chi connectivity index (χ1n) is 12.3. The van der Waals surface area contributed by atoms with Gasteiger partial charge in [0.2, 0.25) is 11.8 Å². The maximum atomic E-state index is 13.5. The molecule has 1 aliphatic carbocycles. The van der Waals surface area contributed by atoms with E-state index in [1.807, 2.05) is 0 Å². The van der Waals surface area contributed by atoms with E-state index in [0.717, 1.165) is 0 Å². The molecule has 12 nitrogen and oxygen atoms in total. The monoisotopic (exact) mass is 508 g/mol. The molecule has 1 saturated carbocycles. The molecule has 1 saturated heterocycles. The molecule has 36 heavy (non-hydrogen) atoms. The van der Waals surface area contributed by atoms with Crippen molar-refractivity contribution in [3.8, 4) is 0 Å². The maximum absolute atomic E-state index is 13.5. The van der Waals surface area contributed by atoms with Gasteiger partial charge < -0.3 is 36.6 Å². The summed E-state index contributed by atoms with van der Waals surface area (Å²) in [6.45, 7) is 11.1. The predicted octanol–water partition coefficient (Wildman–Crippen LogP) is 0.896. The summed E-state index contributed by atoms with van der Waals surface area (Å²) in [5, 5.41) is 8.86. The first kappa shape index (κ1) is 28.9. The molecule has 1 heterocycles. The fourth-order valence-electron chi connectivity index (χ4n) is 4.40. The summed E-state index contributed by atoms with van der Waals surface area (Å²) in [5.74, 6) is 3.85. The Kier molecular flexibility index (Phi) is 9.71. The van der Waals surface area contributed by atoms with Crippen LogP contribution in [0.25, 0.3) is 0 Å². The van der Waals surface area contributed by atoms with E-state index in [1.165, 1.54) is 4.90 Å². The number of carbonyl (C=O) groups is 4. The van der Waals surface area contributed by atoms with Crippen molar-refractivity contribution in [2.75, 3.05) is 13.2 Å². The van der Waals surface area contributed by atoms with Gasteiger partial charge in [-0.1, -0.05) is 6.08 Å². The van der Waals surface area contributed by atoms with E-state index in [2.05, 4.69) is 22.3 Å². The maximum Gasteiger partial charge on any atom is 0.408 e. The molecular weight excluding hydrogens is 468 g/mol. The predicted molar refractivity (Wildman–Crippen MR) is 133 cm³/mol. The van der Waals surface area contributed by atoms with E-state index in [4.69, 9.17) is 21.1 Å². The number of nitrogens with zero attached hydrogens (tertiary/aromatic N) is 2. The summed E-state index contributed by atoms with van der Waals surface area (Å²) in [7, 11) is 0. The number of hydrogen-bond donors (Lipinski definition) is 4. The minimum Gasteiger partial charge on any atom is -0.464 e. The van der Waals surface area contributed by atoms with Gasteiger partial charge in [0.15, 0.2) is 0 Å². The number of amidine groups is 1. The van der Waals surface area contributed by atoms with E-state index in [1.54, 1.807) is 33.8 Å². The van der Waals surface area contributed by atoms with Crippen molar-refractivity contribution >= 4 is 29.7 Å². The Balaban J connectivity index is 2.18. The third kappa shape index (κ3) is 7.34. The highest BCUT2D eigenvalue weighted by Gasteiger charge is 2.62. The lowest BCUT2D eigenvalue weighted by atomic mass is 10.1. The Bertz CT molecular complexity index is 885. The lowest BCUT2D eigenvalue weighted by molar-refractivity contribution is -0.150. The van der Waals surface area contributed by atoms with Crippen LogP contribution in [0.5, 0.6) is 0 Å². The quantitative estimate of drug-likeness (QED) is 0.0793. The van der Waals surface area contributed by atoms with Crippen LogP contribution in [-0.2, 0) is 23.9 Å². The topological polar surface area (TPSA) is 178 Å². The highest BCUT2D eigenvalue weighted by molar-refractivity contribution is 5.96. The molecule has 0 aromatic rings. The molecule has 0 aromatic heterocycles. The second-order valence-corrected chi connectivity index (χ2v) is 10.2. The molecule has 0 radical (unpaired) electrons. The van der Waals surface area contributed by atoms with Crippen molar-refractivity contribution in [1.29, 1.82) is 0 Å². The number of alkyl carbamates (subject to hydrolysis) is 1. The molecule has 2 fully saturated rings. The van der Waals surface area contributed by atoms with E-state index in [-0.39, 0.29) is 31.2 Å². The summed E-state index contributed by atoms with van der Waals surface area (Å²) in [6, 6.07) is -1.81. The van der Waals surface area contributed by atoms with Gasteiger partial charge in [-0.15, -0.1) is 6.58 Å². The molecule has 2 aliphatic rings. The number of hydrogen-bond acceptors (Lipinski definition) is 8. The summed E-state index contributed by atoms with van der Waals surface area (Å²) in [5.41, 5.74) is 3.81. The van der Waals surface area contributed by atoms with E-state index >= 15 is 0 Å². The number of ether oxygens (including phenoxy) is 2. The highest BCUT2D eigenvalue weighted by Crippen LogP contribution is 2.47. The zero-order chi connectivity index (χ0) is 27.1. The first-order chi connectivity index (χ1) is 16.9. The molecule has 202 valence electrons. The SMILES string of the molecule is C=CCC1CC1(NC(=O)C1CCCN1C(=O)C(CC/C(N)=N/N)NC(=O)OC(C)(C)C)C(=O)OCC. The second-order valence-electron chi connectivity index (χ2n) is 10.2. The zero-order valence-electron chi connectivity index (χ0n) is 21.7. The van der Waals surface area contributed by atoms with Crippen LogP contribution in [0, 0.1) is 5.92 Å². The van der Waals surface area contributed by atoms with Gasteiger partial charge in [0, 0.05) is 13.0 Å². The third-order valence-corrected chi connectivity index (χ3v) is 6.22. The summed E-state index contributed by atoms with van der Waals surface area (Å²) < 4.78 is 10.5. The van der Waals surface area contributed by atoms with Crippen LogP contribution in [0.15, 0.2) is 17.8 Å². The van der Waals surface area contributed by atoms with Gasteiger partial charge in [0.05, 0.1) is 6.61 Å². The van der Waals surface area contributed by atoms with Crippen LogP contribution in [0.3, 0.4) is 0 Å². The lowest BCUT2D eigenvalue weighted by Crippen LogP contribution is -2.57. The number of likely N-dealkylation sites (tertiary alicyclic amines) is 1. The van der Waals surface area contributed by atoms with Crippen molar-refractivity contribution in [2.45, 2.75) is 89.4 Å². The lowest BCUT2D eigenvalue weighted by Gasteiger charge is -2.30. The van der Waals surface area contributed by atoms with Crippen LogP contribution < -0.4 is 22.2 Å². The number of carbonyl (C=O) groups excluding carboxylic acids is 4. The van der Waals surface area contributed by atoms with Gasteiger partial charge in [-0.3, -0.25) is 9.59 Å². The van der Waals surface area contributed by atoms with E-state index in [0.29, 0.717) is 32.2 Å². The molecule has 0 aromatic carbocycles. The molecule has 3 amide bonds. The summed E-state index contributed by atoms with van der Waals surface area (Å²) in [6.07, 6.45) is 3.23. The number of hydrazone groups is 1. The number of allylic oxidation sites excluding steroid dienone is 1. The van der Waals surface area contributed by atoms with Gasteiger partial charge in [-0.25, -0.2) is 9.59 Å². The Labute approximate surface area is 212 Å². The molecule has 1 aliphatic heterocycles. The molecule has 0 spiro atoms. The standard InChI is InChI=1S/C24H40N6O6/c1-6-9-15-14-24(15,21(33)35-7-2)28-19(31)17-10-8-13-30(17)20(32)16(11-12-18(25)29-26)27-22(34)36-23(3,4)5/h6,15-17H,1,7-14,26H2,2-5H3,(H2,25,29)(H,27,34)(H,28,31). The highest BCUT2D eigenvalue weighted by atomic mass is 16.6.